The molecule has 2 rings (SSSR count). The van der Waals surface area contributed by atoms with Gasteiger partial charge in [-0.3, -0.25) is 0 Å². The molecule has 0 saturated carbocycles. The van der Waals surface area contributed by atoms with Crippen molar-refractivity contribution in [2.75, 3.05) is 20.1 Å². The Morgan fingerprint density at radius 1 is 1.40 bits per heavy atom. The van der Waals surface area contributed by atoms with Crippen LogP contribution < -0.4 is 5.32 Å². The highest BCUT2D eigenvalue weighted by Crippen LogP contribution is 2.20. The van der Waals surface area contributed by atoms with E-state index < -0.39 is 10.0 Å². The molecule has 1 N–H and O–H groups in total. The Balaban J connectivity index is 2.21. The van der Waals surface area contributed by atoms with Crippen molar-refractivity contribution in [3.8, 4) is 6.07 Å². The maximum atomic E-state index is 12.5. The number of nitrogens with zero attached hydrogens (tertiary/aromatic N) is 3. The zero-order valence-electron chi connectivity index (χ0n) is 11.4. The number of nitriles is 1. The number of rotatable bonds is 3. The van der Waals surface area contributed by atoms with Gasteiger partial charge >= 0.3 is 0 Å². The van der Waals surface area contributed by atoms with Crippen molar-refractivity contribution in [3.63, 3.8) is 0 Å². The molecule has 1 aliphatic rings. The first kappa shape index (κ1) is 14.9. The highest BCUT2D eigenvalue weighted by atomic mass is 32.2. The van der Waals surface area contributed by atoms with E-state index in [1.165, 1.54) is 22.6 Å². The van der Waals surface area contributed by atoms with Gasteiger partial charge in [0.2, 0.25) is 10.0 Å². The normalized spacial score (nSPS) is 20.4. The summed E-state index contributed by atoms with van der Waals surface area (Å²) >= 11 is 0. The molecular weight excluding hydrogens is 276 g/mol. The molecule has 0 spiro atoms. The number of nitrogens with one attached hydrogen (secondary N) is 1. The van der Waals surface area contributed by atoms with Gasteiger partial charge in [-0.1, -0.05) is 0 Å². The minimum Gasteiger partial charge on any atom is -0.317 e. The van der Waals surface area contributed by atoms with Crippen molar-refractivity contribution < 1.29 is 8.42 Å². The molecule has 0 aliphatic carbocycles. The summed E-state index contributed by atoms with van der Waals surface area (Å²) in [6.45, 7) is 1.76. The fourth-order valence-corrected chi connectivity index (χ4v) is 3.69. The van der Waals surface area contributed by atoms with Crippen LogP contribution in [0.4, 0.5) is 0 Å². The average molecular weight is 294 g/mol. The lowest BCUT2D eigenvalue weighted by Crippen LogP contribution is -2.37. The molecule has 1 aliphatic heterocycles. The summed E-state index contributed by atoms with van der Waals surface area (Å²) in [5.74, 6) is 0. The molecule has 0 amide bonds. The largest absolute Gasteiger partial charge is 0.317 e. The lowest BCUT2D eigenvalue weighted by Gasteiger charge is -2.26. The number of sulfonamides is 1. The predicted octanol–water partition coefficient (Wildman–Crippen LogP) is 0.716. The van der Waals surface area contributed by atoms with Crippen LogP contribution in [0.2, 0.25) is 0 Å². The molecule has 7 heteroatoms. The molecule has 1 aromatic heterocycles. The van der Waals surface area contributed by atoms with Crippen LogP contribution in [-0.2, 0) is 10.0 Å². The Kier molecular flexibility index (Phi) is 4.70. The molecule has 0 bridgehead atoms. The van der Waals surface area contributed by atoms with Crippen LogP contribution in [0.3, 0.4) is 0 Å². The molecule has 1 fully saturated rings. The minimum absolute atomic E-state index is 0.00523. The Labute approximate surface area is 119 Å². The van der Waals surface area contributed by atoms with Gasteiger partial charge in [0, 0.05) is 19.3 Å². The summed E-state index contributed by atoms with van der Waals surface area (Å²) < 4.78 is 26.5. The van der Waals surface area contributed by atoms with Gasteiger partial charge in [-0.05, 0) is 44.5 Å². The maximum absolute atomic E-state index is 12.5. The Morgan fingerprint density at radius 2 is 2.20 bits per heavy atom. The Hall–Kier alpha value is -1.49. The van der Waals surface area contributed by atoms with Gasteiger partial charge in [0.25, 0.3) is 0 Å². The van der Waals surface area contributed by atoms with Crippen molar-refractivity contribution in [1.82, 2.24) is 14.6 Å². The van der Waals surface area contributed by atoms with Crippen molar-refractivity contribution in [1.29, 1.82) is 5.26 Å². The summed E-state index contributed by atoms with van der Waals surface area (Å²) in [5.41, 5.74) is 0.213. The zero-order valence-corrected chi connectivity index (χ0v) is 12.2. The van der Waals surface area contributed by atoms with E-state index in [1.807, 2.05) is 6.07 Å². The van der Waals surface area contributed by atoms with E-state index in [0.29, 0.717) is 0 Å². The molecule has 20 heavy (non-hydrogen) atoms. The lowest BCUT2D eigenvalue weighted by molar-refractivity contribution is 0.341. The van der Waals surface area contributed by atoms with E-state index in [4.69, 9.17) is 5.26 Å². The first-order valence-electron chi connectivity index (χ1n) is 6.60. The Bertz CT molecular complexity index is 584. The van der Waals surface area contributed by atoms with Crippen LogP contribution in [0.25, 0.3) is 0 Å². The third-order valence-electron chi connectivity index (χ3n) is 3.59. The van der Waals surface area contributed by atoms with E-state index in [-0.39, 0.29) is 16.6 Å². The summed E-state index contributed by atoms with van der Waals surface area (Å²) in [5, 5.41) is 12.0. The van der Waals surface area contributed by atoms with Crippen molar-refractivity contribution in [3.05, 3.63) is 24.0 Å². The van der Waals surface area contributed by atoms with Crippen LogP contribution in [0.15, 0.2) is 23.2 Å². The number of pyridine rings is 1. The third kappa shape index (κ3) is 3.15. The van der Waals surface area contributed by atoms with Gasteiger partial charge in [-0.25, -0.2) is 13.4 Å². The molecule has 6 nitrogen and oxygen atoms in total. The van der Waals surface area contributed by atoms with Crippen LogP contribution in [0, 0.1) is 11.3 Å². The van der Waals surface area contributed by atoms with Gasteiger partial charge < -0.3 is 5.32 Å². The summed E-state index contributed by atoms with van der Waals surface area (Å²) in [6, 6.07) is 4.75. The van der Waals surface area contributed by atoms with Crippen LogP contribution in [-0.4, -0.2) is 43.9 Å². The molecule has 108 valence electrons. The topological polar surface area (TPSA) is 86.1 Å². The second-order valence-corrected chi connectivity index (χ2v) is 6.84. The molecule has 0 aromatic carbocycles. The SMILES string of the molecule is CN(C1CCCNCC1)S(=O)(=O)c1ccc(C#N)nc1. The molecule has 1 atom stereocenters. The summed E-state index contributed by atoms with van der Waals surface area (Å²) in [4.78, 5) is 3.97. The first-order chi connectivity index (χ1) is 9.55. The second-order valence-electron chi connectivity index (χ2n) is 4.85. The third-order valence-corrected chi connectivity index (χ3v) is 5.48. The molecule has 1 aromatic rings. The lowest BCUT2D eigenvalue weighted by atomic mass is 10.1. The monoisotopic (exact) mass is 294 g/mol. The van der Waals surface area contributed by atoms with Crippen LogP contribution >= 0.6 is 0 Å². The smallest absolute Gasteiger partial charge is 0.244 e. The van der Waals surface area contributed by atoms with E-state index in [0.717, 1.165) is 32.4 Å². The Morgan fingerprint density at radius 3 is 2.85 bits per heavy atom. The fourth-order valence-electron chi connectivity index (χ4n) is 2.33. The van der Waals surface area contributed by atoms with Crippen LogP contribution in [0.5, 0.6) is 0 Å². The highest BCUT2D eigenvalue weighted by molar-refractivity contribution is 7.89. The zero-order chi connectivity index (χ0) is 14.6. The van der Waals surface area contributed by atoms with Crippen molar-refractivity contribution in [2.45, 2.75) is 30.2 Å². The summed E-state index contributed by atoms with van der Waals surface area (Å²) in [7, 11) is -1.93. The standard InChI is InChI=1S/C13H18N4O2S/c1-17(12-3-2-7-15-8-6-12)20(18,19)13-5-4-11(9-14)16-10-13/h4-5,10,12,15H,2-3,6-8H2,1H3. The molecule has 0 radical (unpaired) electrons. The molecular formula is C13H18N4O2S. The van der Waals surface area contributed by atoms with Crippen molar-refractivity contribution >= 4 is 10.0 Å². The predicted molar refractivity (Wildman–Crippen MR) is 74.4 cm³/mol. The number of hydrogen-bond acceptors (Lipinski definition) is 5. The minimum atomic E-state index is -3.55. The fraction of sp³-hybridized carbons (Fsp3) is 0.538. The van der Waals surface area contributed by atoms with Gasteiger partial charge in [0.15, 0.2) is 0 Å². The molecule has 2 heterocycles. The summed E-state index contributed by atoms with van der Waals surface area (Å²) in [6.07, 6.45) is 3.88. The van der Waals surface area contributed by atoms with Gasteiger partial charge in [-0.15, -0.1) is 0 Å². The van der Waals surface area contributed by atoms with E-state index >= 15 is 0 Å². The van der Waals surface area contributed by atoms with E-state index in [2.05, 4.69) is 10.3 Å². The quantitative estimate of drug-likeness (QED) is 0.887. The molecule has 1 saturated heterocycles. The highest BCUT2D eigenvalue weighted by Gasteiger charge is 2.28. The van der Waals surface area contributed by atoms with Gasteiger partial charge in [0.05, 0.1) is 0 Å². The molecule has 1 unspecified atom stereocenters. The van der Waals surface area contributed by atoms with E-state index in [1.54, 1.807) is 7.05 Å². The maximum Gasteiger partial charge on any atom is 0.244 e. The van der Waals surface area contributed by atoms with Crippen LogP contribution in [0.1, 0.15) is 25.0 Å². The van der Waals surface area contributed by atoms with Gasteiger partial charge in [0.1, 0.15) is 16.7 Å². The second kappa shape index (κ2) is 6.31. The van der Waals surface area contributed by atoms with Gasteiger partial charge in [-0.2, -0.15) is 9.57 Å². The average Bonchev–Trinajstić information content (AvgIpc) is 2.75. The number of aromatic nitrogens is 1. The van der Waals surface area contributed by atoms with Crippen molar-refractivity contribution in [2.24, 2.45) is 0 Å². The number of hydrogen-bond donors (Lipinski definition) is 1. The van der Waals surface area contributed by atoms with E-state index in [9.17, 15) is 8.42 Å². The first-order valence-corrected chi connectivity index (χ1v) is 8.04.